The number of aromatic nitrogens is 2. The van der Waals surface area contributed by atoms with Crippen LogP contribution in [0, 0.1) is 11.6 Å². The van der Waals surface area contributed by atoms with Gasteiger partial charge in [-0.3, -0.25) is 9.59 Å². The normalized spacial score (nSPS) is 10.7. The Bertz CT molecular complexity index is 1020. The van der Waals surface area contributed by atoms with Crippen LogP contribution >= 0.6 is 0 Å². The van der Waals surface area contributed by atoms with E-state index in [-0.39, 0.29) is 28.9 Å². The predicted octanol–water partition coefficient (Wildman–Crippen LogP) is 2.85. The van der Waals surface area contributed by atoms with Crippen molar-refractivity contribution in [3.05, 3.63) is 64.2 Å². The molecule has 1 amide bonds. The Morgan fingerprint density at radius 2 is 2.08 bits per heavy atom. The zero-order valence-electron chi connectivity index (χ0n) is 13.1. The zero-order valence-corrected chi connectivity index (χ0v) is 13.1. The number of ether oxygens (including phenoxy) is 1. The highest BCUT2D eigenvalue weighted by atomic mass is 19.1. The van der Waals surface area contributed by atoms with Gasteiger partial charge in [0.25, 0.3) is 11.5 Å². The number of aromatic amines is 1. The summed E-state index contributed by atoms with van der Waals surface area (Å²) in [6.07, 6.45) is 1.18. The Balaban J connectivity index is 2.03. The average molecular weight is 345 g/mol. The first-order chi connectivity index (χ1) is 12.0. The van der Waals surface area contributed by atoms with E-state index in [2.05, 4.69) is 15.3 Å². The van der Waals surface area contributed by atoms with E-state index < -0.39 is 28.7 Å². The van der Waals surface area contributed by atoms with Crippen LogP contribution in [-0.4, -0.2) is 22.5 Å². The molecule has 6 nitrogen and oxygen atoms in total. The molecule has 0 unspecified atom stereocenters. The molecule has 8 heteroatoms. The Labute approximate surface area is 140 Å². The molecule has 0 aliphatic carbocycles. The number of benzene rings is 2. The number of para-hydroxylation sites is 1. The van der Waals surface area contributed by atoms with E-state index >= 15 is 0 Å². The van der Waals surface area contributed by atoms with Gasteiger partial charge in [-0.1, -0.05) is 6.07 Å². The fourth-order valence-electron chi connectivity index (χ4n) is 2.39. The Morgan fingerprint density at radius 3 is 2.84 bits per heavy atom. The number of hydrogen-bond acceptors (Lipinski definition) is 4. The number of carbonyl (C=O) groups excluding carboxylic acids is 1. The lowest BCUT2D eigenvalue weighted by atomic mass is 10.1. The molecule has 1 aromatic heterocycles. The van der Waals surface area contributed by atoms with E-state index in [9.17, 15) is 18.4 Å². The number of hydrogen-bond donors (Lipinski definition) is 2. The number of halogens is 2. The van der Waals surface area contributed by atoms with Crippen molar-refractivity contribution in [1.29, 1.82) is 0 Å². The number of nitrogens with zero attached hydrogens (tertiary/aromatic N) is 1. The molecule has 0 fully saturated rings. The van der Waals surface area contributed by atoms with Crippen molar-refractivity contribution in [2.45, 2.75) is 6.92 Å². The van der Waals surface area contributed by atoms with Crippen molar-refractivity contribution in [2.24, 2.45) is 0 Å². The maximum absolute atomic E-state index is 14.4. The summed E-state index contributed by atoms with van der Waals surface area (Å²) in [4.78, 5) is 30.6. The van der Waals surface area contributed by atoms with Crippen LogP contribution in [0.5, 0.6) is 5.75 Å². The van der Waals surface area contributed by atoms with Gasteiger partial charge in [0.1, 0.15) is 16.9 Å². The lowest BCUT2D eigenvalue weighted by molar-refractivity contribution is 0.101. The molecule has 1 heterocycles. The second-order valence-electron chi connectivity index (χ2n) is 5.06. The van der Waals surface area contributed by atoms with Gasteiger partial charge in [0, 0.05) is 0 Å². The molecule has 2 aromatic carbocycles. The highest BCUT2D eigenvalue weighted by Crippen LogP contribution is 2.25. The summed E-state index contributed by atoms with van der Waals surface area (Å²) in [5.74, 6) is -3.34. The minimum atomic E-state index is -1.09. The summed E-state index contributed by atoms with van der Waals surface area (Å²) < 4.78 is 33.4. The van der Waals surface area contributed by atoms with Gasteiger partial charge in [0.15, 0.2) is 11.6 Å². The highest BCUT2D eigenvalue weighted by Gasteiger charge is 2.22. The predicted molar refractivity (Wildman–Crippen MR) is 87.8 cm³/mol. The molecular weight excluding hydrogens is 332 g/mol. The SMILES string of the molecule is CCOc1ccc(F)c(C(=O)Nc2cccc3c(=O)[nH]cnc23)c1F. The molecule has 0 bridgehead atoms. The second kappa shape index (κ2) is 6.68. The van der Waals surface area contributed by atoms with Crippen LogP contribution < -0.4 is 15.6 Å². The molecule has 3 rings (SSSR count). The largest absolute Gasteiger partial charge is 0.491 e. The van der Waals surface area contributed by atoms with Crippen molar-refractivity contribution in [2.75, 3.05) is 11.9 Å². The van der Waals surface area contributed by atoms with Crippen LogP contribution in [0.4, 0.5) is 14.5 Å². The van der Waals surface area contributed by atoms with Gasteiger partial charge < -0.3 is 15.0 Å². The molecule has 3 aromatic rings. The van der Waals surface area contributed by atoms with Crippen LogP contribution in [-0.2, 0) is 0 Å². The molecule has 0 saturated carbocycles. The summed E-state index contributed by atoms with van der Waals surface area (Å²) in [5.41, 5.74) is -0.791. The fraction of sp³-hybridized carbons (Fsp3) is 0.118. The molecule has 0 aliphatic heterocycles. The van der Waals surface area contributed by atoms with E-state index in [1.54, 1.807) is 6.92 Å². The third-order valence-corrected chi connectivity index (χ3v) is 3.50. The first-order valence-electron chi connectivity index (χ1n) is 7.41. The summed E-state index contributed by atoms with van der Waals surface area (Å²) in [7, 11) is 0. The third kappa shape index (κ3) is 3.06. The number of fused-ring (bicyclic) bond motifs is 1. The molecular formula is C17H13F2N3O3. The topological polar surface area (TPSA) is 84.1 Å². The van der Waals surface area contributed by atoms with Crippen molar-refractivity contribution in [3.8, 4) is 5.75 Å². The maximum atomic E-state index is 14.4. The number of nitrogens with one attached hydrogen (secondary N) is 2. The van der Waals surface area contributed by atoms with Crippen LogP contribution in [0.3, 0.4) is 0 Å². The van der Waals surface area contributed by atoms with E-state index in [0.717, 1.165) is 12.1 Å². The van der Waals surface area contributed by atoms with Crippen LogP contribution in [0.1, 0.15) is 17.3 Å². The molecule has 0 atom stereocenters. The lowest BCUT2D eigenvalue weighted by Crippen LogP contribution is -2.17. The van der Waals surface area contributed by atoms with Crippen molar-refractivity contribution in [3.63, 3.8) is 0 Å². The quantitative estimate of drug-likeness (QED) is 0.761. The molecule has 0 aliphatic rings. The van der Waals surface area contributed by atoms with E-state index in [1.807, 2.05) is 0 Å². The van der Waals surface area contributed by atoms with Crippen molar-refractivity contribution in [1.82, 2.24) is 9.97 Å². The van der Waals surface area contributed by atoms with Gasteiger partial charge in [0.05, 0.1) is 24.0 Å². The Morgan fingerprint density at radius 1 is 1.28 bits per heavy atom. The number of amides is 1. The fourth-order valence-corrected chi connectivity index (χ4v) is 2.39. The molecule has 128 valence electrons. The van der Waals surface area contributed by atoms with Crippen LogP contribution in [0.2, 0.25) is 0 Å². The highest BCUT2D eigenvalue weighted by molar-refractivity contribution is 6.08. The smallest absolute Gasteiger partial charge is 0.261 e. The summed E-state index contributed by atoms with van der Waals surface area (Å²) >= 11 is 0. The monoisotopic (exact) mass is 345 g/mol. The summed E-state index contributed by atoms with van der Waals surface area (Å²) in [6, 6.07) is 6.60. The number of anilines is 1. The third-order valence-electron chi connectivity index (χ3n) is 3.50. The minimum absolute atomic E-state index is 0.161. The maximum Gasteiger partial charge on any atom is 0.261 e. The van der Waals surface area contributed by atoms with Crippen molar-refractivity contribution >= 4 is 22.5 Å². The average Bonchev–Trinajstić information content (AvgIpc) is 2.59. The minimum Gasteiger partial charge on any atom is -0.491 e. The van der Waals surface area contributed by atoms with Crippen LogP contribution in [0.25, 0.3) is 10.9 Å². The first-order valence-corrected chi connectivity index (χ1v) is 7.41. The second-order valence-corrected chi connectivity index (χ2v) is 5.06. The van der Waals surface area contributed by atoms with Gasteiger partial charge in [-0.2, -0.15) is 0 Å². The van der Waals surface area contributed by atoms with Gasteiger partial charge in [-0.25, -0.2) is 13.8 Å². The standard InChI is InChI=1S/C17H13F2N3O3/c1-2-25-12-7-6-10(18)13(14(12)19)17(24)22-11-5-3-4-9-15(11)20-8-21-16(9)23/h3-8H,2H2,1H3,(H,22,24)(H,20,21,23). The first kappa shape index (κ1) is 16.6. The number of carbonyl (C=O) groups is 1. The van der Waals surface area contributed by atoms with Crippen LogP contribution in [0.15, 0.2) is 41.5 Å². The van der Waals surface area contributed by atoms with Gasteiger partial charge in [-0.05, 0) is 31.2 Å². The van der Waals surface area contributed by atoms with Gasteiger partial charge in [0.2, 0.25) is 0 Å². The summed E-state index contributed by atoms with van der Waals surface area (Å²) in [5, 5.41) is 2.63. The number of H-pyrrole nitrogens is 1. The Hall–Kier alpha value is -3.29. The van der Waals surface area contributed by atoms with E-state index in [1.165, 1.54) is 24.5 Å². The molecule has 0 radical (unpaired) electrons. The molecule has 2 N–H and O–H groups in total. The van der Waals surface area contributed by atoms with Gasteiger partial charge >= 0.3 is 0 Å². The molecule has 0 saturated heterocycles. The van der Waals surface area contributed by atoms with E-state index in [4.69, 9.17) is 4.74 Å². The van der Waals surface area contributed by atoms with Gasteiger partial charge in [-0.15, -0.1) is 0 Å². The lowest BCUT2D eigenvalue weighted by Gasteiger charge is -2.11. The summed E-state index contributed by atoms with van der Waals surface area (Å²) in [6.45, 7) is 1.81. The molecule has 0 spiro atoms. The van der Waals surface area contributed by atoms with Crippen molar-refractivity contribution < 1.29 is 18.3 Å². The Kier molecular flexibility index (Phi) is 4.42. The number of rotatable bonds is 4. The zero-order chi connectivity index (χ0) is 18.0. The van der Waals surface area contributed by atoms with E-state index in [0.29, 0.717) is 0 Å². The molecule has 25 heavy (non-hydrogen) atoms.